The van der Waals surface area contributed by atoms with Crippen molar-refractivity contribution < 1.29 is 154 Å². The normalized spacial score (nSPS) is 47.7. The minimum atomic E-state index is -2.13. The number of Topliss-reactive ketones (excluding diaryl/α,β-unsaturated/α-hetero) is 1. The summed E-state index contributed by atoms with van der Waals surface area (Å²) < 4.78 is 136. The largest absolute Gasteiger partial charge is 0.505 e. The Bertz CT molecular complexity index is 2840. The van der Waals surface area contributed by atoms with Gasteiger partial charge in [0.25, 0.3) is 5.97 Å². The summed E-state index contributed by atoms with van der Waals surface area (Å²) in [6.07, 6.45) is -33.1. The van der Waals surface area contributed by atoms with Crippen LogP contribution >= 0.6 is 23.2 Å². The van der Waals surface area contributed by atoms with Gasteiger partial charge < -0.3 is 140 Å². The van der Waals surface area contributed by atoms with E-state index in [4.69, 9.17) is 127 Å². The average molecular weight is 1390 g/mol. The van der Waals surface area contributed by atoms with Gasteiger partial charge in [0, 0.05) is 34.2 Å². The lowest BCUT2D eigenvalue weighted by molar-refractivity contribution is -0.428. The van der Waals surface area contributed by atoms with Crippen LogP contribution in [0.1, 0.15) is 97.5 Å². The highest BCUT2D eigenvalue weighted by molar-refractivity contribution is 6.39. The van der Waals surface area contributed by atoms with Crippen LogP contribution in [0.5, 0.6) is 11.5 Å². The number of carbonyl (C=O) groups is 3. The number of halogens is 2. The zero-order valence-corrected chi connectivity index (χ0v) is 55.5. The summed E-state index contributed by atoms with van der Waals surface area (Å²) in [5.41, 5.74) is -3.75. The van der Waals surface area contributed by atoms with Gasteiger partial charge >= 0.3 is 17.9 Å². The van der Waals surface area contributed by atoms with Gasteiger partial charge in [0.2, 0.25) is 6.29 Å². The lowest BCUT2D eigenvalue weighted by Gasteiger charge is -2.49. The number of ketones is 1. The van der Waals surface area contributed by atoms with Gasteiger partial charge in [-0.2, -0.15) is 0 Å². The number of aromatic hydroxyl groups is 2. The standard InChI is InChI=1S/C60H86Cl2O32/c1-20(2)52(70)86-48-45-31(91-60(92-45)51-50(77-19-78-51)59(72,26(8)63)27(9)90-60)18-76-55(48)88-56-47(75-13)39(68)44(30(82-56)17-73-11)87-54-40(69)46(43(74-12)23(5)81-54)84-33-16-57(10)49(25(7)80-33)93-58(94-57)15-29(65)42(24(6)89-58)83-32-14-28(64)41(22(4)79-32)85-53(71)34-21(3)35(61)38(67)36(62)37(34)66/h20,22-25,27-33,39-51,54-56,64-69,72H,14-19H2,1-13H3/t22-,23-,24-,25-,27-,28-,29-,30-,31+,32+,33+,39+,40-,41-,42-,43+,44-,45-,46-,47+,48-,49-,50-,51-,54+,55+,56+,57-,58?,59+,60-/m1/s1. The number of esters is 2. The predicted molar refractivity (Wildman–Crippen MR) is 308 cm³/mol. The van der Waals surface area contributed by atoms with Crippen molar-refractivity contribution in [3.05, 3.63) is 21.2 Å². The number of carbonyl (C=O) groups excluding carboxylic acids is 3. The fraction of sp³-hybridized carbons (Fsp3) is 0.850. The third-order valence-electron chi connectivity index (χ3n) is 19.2. The Kier molecular flexibility index (Phi) is 21.4. The molecule has 10 saturated heterocycles. The summed E-state index contributed by atoms with van der Waals surface area (Å²) in [6, 6.07) is 0. The zero-order chi connectivity index (χ0) is 68.2. The Morgan fingerprint density at radius 2 is 1.32 bits per heavy atom. The van der Waals surface area contributed by atoms with E-state index in [9.17, 15) is 50.1 Å². The molecule has 2 spiro atoms. The van der Waals surface area contributed by atoms with E-state index in [1.165, 1.54) is 49.0 Å². The van der Waals surface area contributed by atoms with E-state index in [1.54, 1.807) is 41.5 Å². The molecular formula is C60H86Cl2O32. The van der Waals surface area contributed by atoms with E-state index in [0.29, 0.717) is 0 Å². The molecule has 0 bridgehead atoms. The molecule has 10 aliphatic rings. The molecule has 0 amide bonds. The van der Waals surface area contributed by atoms with Crippen LogP contribution in [0.3, 0.4) is 0 Å². The smallest absolute Gasteiger partial charge is 0.342 e. The number of ether oxygens (including phenoxy) is 22. The number of hydrogen-bond donors (Lipinski definition) is 7. The minimum Gasteiger partial charge on any atom is -0.505 e. The van der Waals surface area contributed by atoms with Gasteiger partial charge in [-0.05, 0) is 61.0 Å². The van der Waals surface area contributed by atoms with E-state index in [0.717, 1.165) is 0 Å². The first kappa shape index (κ1) is 72.3. The molecule has 7 N–H and O–H groups in total. The van der Waals surface area contributed by atoms with Crippen molar-refractivity contribution in [1.29, 1.82) is 0 Å². The van der Waals surface area contributed by atoms with Gasteiger partial charge in [-0.25, -0.2) is 4.79 Å². The predicted octanol–water partition coefficient (Wildman–Crippen LogP) is 0.749. The molecule has 532 valence electrons. The van der Waals surface area contributed by atoms with Crippen LogP contribution in [0.15, 0.2) is 0 Å². The number of fused-ring (bicyclic) bond motifs is 4. The van der Waals surface area contributed by atoms with Gasteiger partial charge in [-0.15, -0.1) is 0 Å². The summed E-state index contributed by atoms with van der Waals surface area (Å²) in [5, 5.41) is 78.9. The topological polar surface area (TPSA) is 396 Å². The first-order valence-electron chi connectivity index (χ1n) is 31.3. The second-order valence-corrected chi connectivity index (χ2v) is 26.8. The van der Waals surface area contributed by atoms with Crippen molar-refractivity contribution in [2.45, 2.75) is 277 Å². The van der Waals surface area contributed by atoms with Crippen molar-refractivity contribution in [3.8, 4) is 11.5 Å². The molecule has 34 heteroatoms. The van der Waals surface area contributed by atoms with E-state index in [1.807, 2.05) is 0 Å². The Labute approximate surface area is 550 Å². The Hall–Kier alpha value is -2.99. The summed E-state index contributed by atoms with van der Waals surface area (Å²) >= 11 is 12.1. The average Bonchev–Trinajstić information content (AvgIpc) is 1.53. The number of aliphatic hydroxyl groups is 5. The van der Waals surface area contributed by atoms with Crippen LogP contribution in [-0.2, 0) is 114 Å². The van der Waals surface area contributed by atoms with Crippen molar-refractivity contribution in [3.63, 3.8) is 0 Å². The fourth-order valence-electron chi connectivity index (χ4n) is 14.4. The number of hydrogen-bond acceptors (Lipinski definition) is 32. The zero-order valence-electron chi connectivity index (χ0n) is 54.0. The third-order valence-corrected chi connectivity index (χ3v) is 20.0. The second-order valence-electron chi connectivity index (χ2n) is 26.0. The molecule has 1 aromatic carbocycles. The Morgan fingerprint density at radius 1 is 0.638 bits per heavy atom. The number of methoxy groups -OCH3 is 3. The maximum atomic E-state index is 13.4. The summed E-state index contributed by atoms with van der Waals surface area (Å²) in [4.78, 5) is 39.6. The van der Waals surface area contributed by atoms with Crippen LogP contribution < -0.4 is 0 Å². The van der Waals surface area contributed by atoms with Gasteiger partial charge in [0.15, 0.2) is 66.4 Å². The molecule has 11 rings (SSSR count). The molecule has 0 aliphatic carbocycles. The number of benzene rings is 1. The maximum Gasteiger partial charge on any atom is 0.342 e. The summed E-state index contributed by atoms with van der Waals surface area (Å²) in [5.74, 6) is -8.30. The van der Waals surface area contributed by atoms with E-state index < -0.39 is 235 Å². The van der Waals surface area contributed by atoms with E-state index in [2.05, 4.69) is 0 Å². The molecule has 1 unspecified atom stereocenters. The van der Waals surface area contributed by atoms with Gasteiger partial charge in [0.1, 0.15) is 96.2 Å². The van der Waals surface area contributed by atoms with Crippen LogP contribution in [0.25, 0.3) is 0 Å². The van der Waals surface area contributed by atoms with Crippen LogP contribution in [0, 0.1) is 12.8 Å². The monoisotopic (exact) mass is 1390 g/mol. The second kappa shape index (κ2) is 27.9. The fourth-order valence-corrected chi connectivity index (χ4v) is 14.8. The lowest BCUT2D eigenvalue weighted by Crippen LogP contribution is -2.72. The van der Waals surface area contributed by atoms with Crippen molar-refractivity contribution >= 4 is 40.9 Å². The highest BCUT2D eigenvalue weighted by atomic mass is 35.5. The Balaban J connectivity index is 0.723. The Morgan fingerprint density at radius 3 is 1.98 bits per heavy atom. The van der Waals surface area contributed by atoms with E-state index >= 15 is 0 Å². The molecule has 0 saturated carbocycles. The molecule has 94 heavy (non-hydrogen) atoms. The van der Waals surface area contributed by atoms with E-state index in [-0.39, 0.29) is 49.9 Å². The molecule has 1 aromatic rings. The van der Waals surface area contributed by atoms with Gasteiger partial charge in [-0.1, -0.05) is 37.0 Å². The molecule has 32 nitrogen and oxygen atoms in total. The highest BCUT2D eigenvalue weighted by Crippen LogP contribution is 2.53. The molecule has 31 atom stereocenters. The van der Waals surface area contributed by atoms with Crippen LogP contribution in [0.4, 0.5) is 0 Å². The first-order valence-corrected chi connectivity index (χ1v) is 32.1. The lowest BCUT2D eigenvalue weighted by atomic mass is 9.81. The molecular weight excluding hydrogens is 1300 g/mol. The summed E-state index contributed by atoms with van der Waals surface area (Å²) in [6.45, 7) is 14.8. The number of rotatable bonds is 17. The number of aliphatic hydroxyl groups excluding tert-OH is 4. The van der Waals surface area contributed by atoms with Gasteiger partial charge in [0.05, 0.1) is 73.3 Å². The molecule has 10 heterocycles. The highest BCUT2D eigenvalue weighted by Gasteiger charge is 2.73. The molecule has 10 fully saturated rings. The van der Waals surface area contributed by atoms with Gasteiger partial charge in [-0.3, -0.25) is 9.59 Å². The SMILES string of the molecule is COC[C@H]1O[C@@H](O[C@@H]2OC[C@@H]3O[C@]4(O[C@H]3[C@H]2OC(=O)C(C)C)O[C@H](C)[C@@](O)(C(C)=O)[C@@H]2OCO[C@H]24)[C@@H](OC)[C@@H](O)[C@@H]1O[C@@H]1O[C@H](C)[C@H](OC)[C@H](O[C@H]2C[C@@]3(C)OC4(C[C@@H](O)[C@H](O[C@H]5C[C@@H](O)[C@H](OC(=O)c6c(C)c(Cl)c(O)c(Cl)c6O)[C@@H](C)O5)[C@@H](C)O4)O[C@@H]3[C@@H](C)O2)[C@H]1O. The maximum absolute atomic E-state index is 13.4. The quantitative estimate of drug-likeness (QED) is 0.106. The number of phenolic OH excluding ortho intramolecular Hbond substituents is 2. The van der Waals surface area contributed by atoms with Crippen molar-refractivity contribution in [1.82, 2.24) is 0 Å². The minimum absolute atomic E-state index is 0.00412. The molecule has 0 aromatic heterocycles. The molecule has 10 aliphatic heterocycles. The van der Waals surface area contributed by atoms with Crippen LogP contribution in [0.2, 0.25) is 10.0 Å². The number of phenols is 2. The van der Waals surface area contributed by atoms with Crippen LogP contribution in [-0.4, -0.2) is 284 Å². The summed E-state index contributed by atoms with van der Waals surface area (Å²) in [7, 11) is 4.09. The molecule has 0 radical (unpaired) electrons. The van der Waals surface area contributed by atoms with Crippen molar-refractivity contribution in [2.75, 3.05) is 41.3 Å². The first-order chi connectivity index (χ1) is 44.3. The third kappa shape index (κ3) is 13.0. The van der Waals surface area contributed by atoms with Crippen molar-refractivity contribution in [2.24, 2.45) is 5.92 Å².